The second-order valence-electron chi connectivity index (χ2n) is 5.70. The number of halogens is 1. The van der Waals surface area contributed by atoms with E-state index in [1.807, 2.05) is 6.92 Å². The summed E-state index contributed by atoms with van der Waals surface area (Å²) in [6.45, 7) is 8.05. The van der Waals surface area contributed by atoms with E-state index in [4.69, 9.17) is 4.42 Å². The van der Waals surface area contributed by atoms with Crippen molar-refractivity contribution in [2.45, 2.75) is 51.1 Å². The zero-order valence-corrected chi connectivity index (χ0v) is 15.1. The third-order valence-corrected chi connectivity index (χ3v) is 6.64. The van der Waals surface area contributed by atoms with Crippen molar-refractivity contribution < 1.29 is 12.8 Å². The molecule has 0 bridgehead atoms. The van der Waals surface area contributed by atoms with E-state index in [2.05, 4.69) is 35.1 Å². The lowest BCUT2D eigenvalue weighted by Gasteiger charge is -2.26. The van der Waals surface area contributed by atoms with Gasteiger partial charge in [0.05, 0.1) is 6.54 Å². The Hall–Kier alpha value is -0.370. The van der Waals surface area contributed by atoms with Gasteiger partial charge in [0.25, 0.3) is 0 Å². The lowest BCUT2D eigenvalue weighted by atomic mass is 10.0. The summed E-state index contributed by atoms with van der Waals surface area (Å²) in [6, 6.07) is 1.70. The molecule has 1 aliphatic rings. The second-order valence-corrected chi connectivity index (χ2v) is 8.28. The summed E-state index contributed by atoms with van der Waals surface area (Å²) in [5.74, 6) is 0.941. The average molecular weight is 379 g/mol. The highest BCUT2D eigenvalue weighted by molar-refractivity contribution is 9.10. The molecule has 1 N–H and O–H groups in total. The summed E-state index contributed by atoms with van der Waals surface area (Å²) in [4.78, 5) is 0.239. The molecule has 0 aliphatic carbocycles. The van der Waals surface area contributed by atoms with Gasteiger partial charge in [0.2, 0.25) is 10.0 Å². The fourth-order valence-electron chi connectivity index (χ4n) is 2.77. The highest BCUT2D eigenvalue weighted by Gasteiger charge is 2.38. The predicted octanol–water partition coefficient (Wildman–Crippen LogP) is 2.96. The van der Waals surface area contributed by atoms with Crippen molar-refractivity contribution in [1.29, 1.82) is 0 Å². The van der Waals surface area contributed by atoms with Crippen molar-refractivity contribution in [3.8, 4) is 0 Å². The number of furan rings is 1. The van der Waals surface area contributed by atoms with Gasteiger partial charge >= 0.3 is 0 Å². The van der Waals surface area contributed by atoms with Crippen LogP contribution in [0.5, 0.6) is 0 Å². The van der Waals surface area contributed by atoms with Crippen LogP contribution in [0.2, 0.25) is 0 Å². The lowest BCUT2D eigenvalue weighted by Crippen LogP contribution is -2.38. The van der Waals surface area contributed by atoms with Crippen LogP contribution >= 0.6 is 15.9 Å². The van der Waals surface area contributed by atoms with Gasteiger partial charge in [0, 0.05) is 18.7 Å². The van der Waals surface area contributed by atoms with Gasteiger partial charge in [-0.1, -0.05) is 20.8 Å². The summed E-state index contributed by atoms with van der Waals surface area (Å²) < 4.78 is 33.2. The third kappa shape index (κ3) is 3.52. The zero-order valence-electron chi connectivity index (χ0n) is 12.7. The Morgan fingerprint density at radius 3 is 2.86 bits per heavy atom. The SMILES string of the molecule is CCNCc1cc(S(=O)(=O)N2CCCC2C(C)C)c(Br)o1. The Balaban J connectivity index is 2.29. The molecule has 1 unspecified atom stereocenters. The molecule has 1 aliphatic heterocycles. The molecule has 1 aromatic rings. The molecule has 21 heavy (non-hydrogen) atoms. The monoisotopic (exact) mass is 378 g/mol. The maximum Gasteiger partial charge on any atom is 0.247 e. The molecular formula is C14H23BrN2O3S. The molecule has 0 radical (unpaired) electrons. The van der Waals surface area contributed by atoms with Crippen LogP contribution in [0.3, 0.4) is 0 Å². The van der Waals surface area contributed by atoms with Crippen molar-refractivity contribution in [3.05, 3.63) is 16.5 Å². The summed E-state index contributed by atoms with van der Waals surface area (Å²) in [7, 11) is -3.50. The molecule has 120 valence electrons. The molecule has 0 amide bonds. The maximum atomic E-state index is 12.9. The van der Waals surface area contributed by atoms with Crippen molar-refractivity contribution in [2.75, 3.05) is 13.1 Å². The van der Waals surface area contributed by atoms with Crippen LogP contribution in [-0.4, -0.2) is 31.9 Å². The molecule has 7 heteroatoms. The van der Waals surface area contributed by atoms with Gasteiger partial charge in [0.1, 0.15) is 10.7 Å². The molecule has 1 aromatic heterocycles. The van der Waals surface area contributed by atoms with Crippen LogP contribution in [0, 0.1) is 5.92 Å². The number of hydrogen-bond donors (Lipinski definition) is 1. The Morgan fingerprint density at radius 1 is 1.52 bits per heavy atom. The number of nitrogens with zero attached hydrogens (tertiary/aromatic N) is 1. The van der Waals surface area contributed by atoms with E-state index in [0.717, 1.165) is 19.4 Å². The predicted molar refractivity (Wildman–Crippen MR) is 85.5 cm³/mol. The van der Waals surface area contributed by atoms with Crippen LogP contribution in [0.4, 0.5) is 0 Å². The van der Waals surface area contributed by atoms with Gasteiger partial charge in [-0.2, -0.15) is 4.31 Å². The van der Waals surface area contributed by atoms with E-state index in [0.29, 0.717) is 29.4 Å². The Labute approximate surface area is 135 Å². The van der Waals surface area contributed by atoms with E-state index in [1.165, 1.54) is 0 Å². The number of hydrogen-bond acceptors (Lipinski definition) is 4. The first-order chi connectivity index (χ1) is 9.87. The molecule has 0 spiro atoms. The van der Waals surface area contributed by atoms with Crippen LogP contribution in [0.25, 0.3) is 0 Å². The topological polar surface area (TPSA) is 62.6 Å². The van der Waals surface area contributed by atoms with Gasteiger partial charge < -0.3 is 9.73 Å². The second kappa shape index (κ2) is 6.81. The molecule has 0 saturated carbocycles. The zero-order chi connectivity index (χ0) is 15.6. The van der Waals surface area contributed by atoms with Crippen LogP contribution in [0.1, 0.15) is 39.4 Å². The third-order valence-electron chi connectivity index (χ3n) is 3.86. The normalized spacial score (nSPS) is 20.5. The Bertz CT molecular complexity index is 583. The smallest absolute Gasteiger partial charge is 0.247 e. The van der Waals surface area contributed by atoms with E-state index in [-0.39, 0.29) is 10.9 Å². The minimum absolute atomic E-state index is 0.0778. The van der Waals surface area contributed by atoms with E-state index in [1.54, 1.807) is 10.4 Å². The van der Waals surface area contributed by atoms with Crippen LogP contribution in [0.15, 0.2) is 20.0 Å². The van der Waals surface area contributed by atoms with Gasteiger partial charge in [-0.15, -0.1) is 0 Å². The van der Waals surface area contributed by atoms with Crippen molar-refractivity contribution in [3.63, 3.8) is 0 Å². The minimum atomic E-state index is -3.50. The van der Waals surface area contributed by atoms with Gasteiger partial charge in [0.15, 0.2) is 4.67 Å². The minimum Gasteiger partial charge on any atom is -0.452 e. The average Bonchev–Trinajstić information content (AvgIpc) is 3.03. The Kier molecular flexibility index (Phi) is 5.51. The first kappa shape index (κ1) is 17.0. The summed E-state index contributed by atoms with van der Waals surface area (Å²) in [6.07, 6.45) is 1.85. The summed E-state index contributed by atoms with van der Waals surface area (Å²) in [5, 5.41) is 3.13. The fraction of sp³-hybridized carbons (Fsp3) is 0.714. The summed E-state index contributed by atoms with van der Waals surface area (Å²) in [5.41, 5.74) is 0. The first-order valence-electron chi connectivity index (χ1n) is 7.38. The molecule has 2 heterocycles. The van der Waals surface area contributed by atoms with Gasteiger partial charge in [-0.25, -0.2) is 8.42 Å². The number of rotatable bonds is 6. The number of sulfonamides is 1. The van der Waals surface area contributed by atoms with Crippen molar-refractivity contribution in [1.82, 2.24) is 9.62 Å². The van der Waals surface area contributed by atoms with Gasteiger partial charge in [-0.05, 0) is 41.2 Å². The van der Waals surface area contributed by atoms with Crippen LogP contribution < -0.4 is 5.32 Å². The number of nitrogens with one attached hydrogen (secondary N) is 1. The molecule has 0 aromatic carbocycles. The highest BCUT2D eigenvalue weighted by atomic mass is 79.9. The molecule has 1 fully saturated rings. The summed E-state index contributed by atoms with van der Waals surface area (Å²) >= 11 is 3.25. The first-order valence-corrected chi connectivity index (χ1v) is 9.62. The molecule has 1 atom stereocenters. The van der Waals surface area contributed by atoms with E-state index in [9.17, 15) is 8.42 Å². The standard InChI is InChI=1S/C14H23BrN2O3S/c1-4-16-9-11-8-13(14(15)20-11)21(18,19)17-7-5-6-12(17)10(2)3/h8,10,12,16H,4-7,9H2,1-3H3. The Morgan fingerprint density at radius 2 is 2.24 bits per heavy atom. The van der Waals surface area contributed by atoms with E-state index < -0.39 is 10.0 Å². The largest absolute Gasteiger partial charge is 0.452 e. The van der Waals surface area contributed by atoms with Crippen LogP contribution in [-0.2, 0) is 16.6 Å². The maximum absolute atomic E-state index is 12.9. The quantitative estimate of drug-likeness (QED) is 0.826. The van der Waals surface area contributed by atoms with E-state index >= 15 is 0 Å². The lowest BCUT2D eigenvalue weighted by molar-refractivity contribution is 0.315. The van der Waals surface area contributed by atoms with Gasteiger partial charge in [-0.3, -0.25) is 0 Å². The molecule has 5 nitrogen and oxygen atoms in total. The molecule has 2 rings (SSSR count). The molecular weight excluding hydrogens is 356 g/mol. The molecule has 1 saturated heterocycles. The van der Waals surface area contributed by atoms with Crippen molar-refractivity contribution in [2.24, 2.45) is 5.92 Å². The highest BCUT2D eigenvalue weighted by Crippen LogP contribution is 2.34. The fourth-order valence-corrected chi connectivity index (χ4v) is 5.55. The van der Waals surface area contributed by atoms with Crippen molar-refractivity contribution >= 4 is 26.0 Å².